The zero-order chi connectivity index (χ0) is 15.4. The summed E-state index contributed by atoms with van der Waals surface area (Å²) >= 11 is 0. The van der Waals surface area contributed by atoms with Crippen molar-refractivity contribution >= 4 is 12.0 Å². The van der Waals surface area contributed by atoms with Crippen LogP contribution in [0.1, 0.15) is 46.0 Å². The first kappa shape index (κ1) is 18.7. The van der Waals surface area contributed by atoms with E-state index in [4.69, 9.17) is 9.84 Å². The second-order valence-electron chi connectivity index (χ2n) is 5.17. The molecule has 0 aromatic carbocycles. The molecule has 0 bridgehead atoms. The van der Waals surface area contributed by atoms with E-state index in [1.54, 1.807) is 7.11 Å². The maximum Gasteiger partial charge on any atom is 0.315 e. The number of carboxylic acids is 1. The summed E-state index contributed by atoms with van der Waals surface area (Å²) < 4.78 is 5.06. The number of hydrogen-bond acceptors (Lipinski definition) is 3. The smallest absolute Gasteiger partial charge is 0.315 e. The van der Waals surface area contributed by atoms with E-state index in [9.17, 15) is 9.59 Å². The first-order chi connectivity index (χ1) is 9.49. The molecule has 0 saturated heterocycles. The van der Waals surface area contributed by atoms with Crippen molar-refractivity contribution in [2.24, 2.45) is 5.92 Å². The van der Waals surface area contributed by atoms with Gasteiger partial charge < -0.3 is 20.5 Å². The predicted molar refractivity (Wildman–Crippen MR) is 77.8 cm³/mol. The van der Waals surface area contributed by atoms with Crippen LogP contribution in [-0.4, -0.2) is 43.4 Å². The number of nitrogens with one attached hydrogen (secondary N) is 2. The molecule has 0 saturated carbocycles. The molecule has 0 aliphatic rings. The van der Waals surface area contributed by atoms with E-state index >= 15 is 0 Å². The van der Waals surface area contributed by atoms with Gasteiger partial charge in [0.15, 0.2) is 0 Å². The van der Waals surface area contributed by atoms with Crippen molar-refractivity contribution in [3.05, 3.63) is 0 Å². The van der Waals surface area contributed by atoms with E-state index in [0.717, 1.165) is 19.3 Å². The topological polar surface area (TPSA) is 87.7 Å². The van der Waals surface area contributed by atoms with Gasteiger partial charge in [-0.3, -0.25) is 4.79 Å². The fourth-order valence-electron chi connectivity index (χ4n) is 1.93. The summed E-state index contributed by atoms with van der Waals surface area (Å²) in [5.74, 6) is -0.485. The molecule has 0 radical (unpaired) electrons. The molecule has 2 unspecified atom stereocenters. The average molecular weight is 288 g/mol. The summed E-state index contributed by atoms with van der Waals surface area (Å²) in [6.07, 6.45) is 3.47. The fraction of sp³-hybridized carbons (Fsp3) is 0.857. The van der Waals surface area contributed by atoms with Crippen molar-refractivity contribution in [1.82, 2.24) is 10.6 Å². The minimum atomic E-state index is -0.774. The molecular formula is C14H28N2O4. The summed E-state index contributed by atoms with van der Waals surface area (Å²) in [6, 6.07) is -0.152. The largest absolute Gasteiger partial charge is 0.481 e. The van der Waals surface area contributed by atoms with Crippen LogP contribution in [0.25, 0.3) is 0 Å². The number of urea groups is 1. The highest BCUT2D eigenvalue weighted by molar-refractivity contribution is 5.74. The second-order valence-corrected chi connectivity index (χ2v) is 5.17. The number of hydrogen-bond donors (Lipinski definition) is 3. The lowest BCUT2D eigenvalue weighted by molar-refractivity contribution is -0.137. The van der Waals surface area contributed by atoms with Crippen LogP contribution in [0, 0.1) is 5.92 Å². The molecule has 3 N–H and O–H groups in total. The lowest BCUT2D eigenvalue weighted by atomic mass is 10.0. The Morgan fingerprint density at radius 2 is 1.95 bits per heavy atom. The molecule has 6 nitrogen and oxygen atoms in total. The molecule has 0 aromatic heterocycles. The van der Waals surface area contributed by atoms with E-state index in [1.807, 2.05) is 6.92 Å². The van der Waals surface area contributed by atoms with Crippen LogP contribution in [0.5, 0.6) is 0 Å². The van der Waals surface area contributed by atoms with E-state index in [-0.39, 0.29) is 24.4 Å². The number of carbonyl (C=O) groups is 2. The Labute approximate surface area is 121 Å². The molecule has 2 atom stereocenters. The van der Waals surface area contributed by atoms with Gasteiger partial charge in [-0.15, -0.1) is 0 Å². The Bertz CT molecular complexity index is 278. The summed E-state index contributed by atoms with van der Waals surface area (Å²) in [4.78, 5) is 22.1. The summed E-state index contributed by atoms with van der Waals surface area (Å²) in [7, 11) is 1.62. The zero-order valence-corrected chi connectivity index (χ0v) is 12.8. The quantitative estimate of drug-likeness (QED) is 0.542. The lowest BCUT2D eigenvalue weighted by Gasteiger charge is -2.18. The average Bonchev–Trinajstić information content (AvgIpc) is 2.37. The lowest BCUT2D eigenvalue weighted by Crippen LogP contribution is -2.44. The first-order valence-electron chi connectivity index (χ1n) is 7.24. The van der Waals surface area contributed by atoms with E-state index in [1.165, 1.54) is 0 Å². The van der Waals surface area contributed by atoms with Crippen molar-refractivity contribution in [2.45, 2.75) is 52.0 Å². The maximum atomic E-state index is 11.7. The minimum Gasteiger partial charge on any atom is -0.481 e. The van der Waals surface area contributed by atoms with Gasteiger partial charge in [0.05, 0.1) is 12.6 Å². The van der Waals surface area contributed by atoms with Crippen LogP contribution >= 0.6 is 0 Å². The number of amides is 2. The molecule has 20 heavy (non-hydrogen) atoms. The normalized spacial score (nSPS) is 13.6. The molecule has 6 heteroatoms. The Balaban J connectivity index is 3.77. The zero-order valence-electron chi connectivity index (χ0n) is 12.8. The van der Waals surface area contributed by atoms with Crippen molar-refractivity contribution < 1.29 is 19.4 Å². The van der Waals surface area contributed by atoms with Crippen molar-refractivity contribution in [3.63, 3.8) is 0 Å². The number of carbonyl (C=O) groups excluding carboxylic acids is 1. The standard InChI is InChI=1S/C14H28N2O4/c1-4-5-12(10-20-3)16-14(19)15-9-8-11(2)6-7-13(17)18/h11-12H,4-10H2,1-3H3,(H,17,18)(H2,15,16,19). The molecule has 0 aliphatic carbocycles. The second kappa shape index (κ2) is 11.5. The van der Waals surface area contributed by atoms with Gasteiger partial charge in [-0.25, -0.2) is 4.79 Å². The summed E-state index contributed by atoms with van der Waals surface area (Å²) in [5.41, 5.74) is 0. The van der Waals surface area contributed by atoms with Gasteiger partial charge in [0.1, 0.15) is 0 Å². The number of methoxy groups -OCH3 is 1. The van der Waals surface area contributed by atoms with Gasteiger partial charge in [-0.1, -0.05) is 20.3 Å². The Kier molecular flexibility index (Phi) is 10.8. The third-order valence-corrected chi connectivity index (χ3v) is 3.11. The number of aliphatic carboxylic acids is 1. The maximum absolute atomic E-state index is 11.7. The Hall–Kier alpha value is -1.30. The minimum absolute atomic E-state index is 0.0365. The van der Waals surface area contributed by atoms with Crippen LogP contribution < -0.4 is 10.6 Å². The van der Waals surface area contributed by atoms with Crippen LogP contribution in [0.2, 0.25) is 0 Å². The van der Waals surface area contributed by atoms with Crippen molar-refractivity contribution in [3.8, 4) is 0 Å². The fourth-order valence-corrected chi connectivity index (χ4v) is 1.93. The molecule has 0 aliphatic heterocycles. The SMILES string of the molecule is CCCC(COC)NC(=O)NCCC(C)CCC(=O)O. The third kappa shape index (κ3) is 10.6. The van der Waals surface area contributed by atoms with Crippen molar-refractivity contribution in [2.75, 3.05) is 20.3 Å². The monoisotopic (exact) mass is 288 g/mol. The number of ether oxygens (including phenoxy) is 1. The number of rotatable bonds is 11. The summed E-state index contributed by atoms with van der Waals surface area (Å²) in [5, 5.41) is 14.3. The van der Waals surface area contributed by atoms with E-state index in [0.29, 0.717) is 19.6 Å². The highest BCUT2D eigenvalue weighted by Gasteiger charge is 2.11. The Morgan fingerprint density at radius 3 is 2.50 bits per heavy atom. The number of carboxylic acid groups (broad SMARTS) is 1. The molecular weight excluding hydrogens is 260 g/mol. The molecule has 0 fully saturated rings. The van der Waals surface area contributed by atoms with Crippen LogP contribution in [0.4, 0.5) is 4.79 Å². The summed E-state index contributed by atoms with van der Waals surface area (Å²) in [6.45, 7) is 5.12. The van der Waals surface area contributed by atoms with E-state index < -0.39 is 5.97 Å². The molecule has 0 spiro atoms. The first-order valence-corrected chi connectivity index (χ1v) is 7.24. The van der Waals surface area contributed by atoms with E-state index in [2.05, 4.69) is 17.6 Å². The highest BCUT2D eigenvalue weighted by Crippen LogP contribution is 2.09. The molecule has 2 amide bonds. The highest BCUT2D eigenvalue weighted by atomic mass is 16.5. The molecule has 0 heterocycles. The van der Waals surface area contributed by atoms with Gasteiger partial charge >= 0.3 is 12.0 Å². The van der Waals surface area contributed by atoms with Gasteiger partial charge in [0.2, 0.25) is 0 Å². The molecule has 118 valence electrons. The molecule has 0 rings (SSSR count). The van der Waals surface area contributed by atoms with Crippen LogP contribution in [0.3, 0.4) is 0 Å². The van der Waals surface area contributed by atoms with Crippen LogP contribution in [0.15, 0.2) is 0 Å². The van der Waals surface area contributed by atoms with Gasteiger partial charge in [0, 0.05) is 20.1 Å². The van der Waals surface area contributed by atoms with Gasteiger partial charge in [-0.2, -0.15) is 0 Å². The van der Waals surface area contributed by atoms with Crippen LogP contribution in [-0.2, 0) is 9.53 Å². The molecule has 0 aromatic rings. The third-order valence-electron chi connectivity index (χ3n) is 3.11. The Morgan fingerprint density at radius 1 is 1.25 bits per heavy atom. The van der Waals surface area contributed by atoms with Gasteiger partial charge in [0.25, 0.3) is 0 Å². The van der Waals surface area contributed by atoms with Crippen molar-refractivity contribution in [1.29, 1.82) is 0 Å². The van der Waals surface area contributed by atoms with Gasteiger partial charge in [-0.05, 0) is 25.2 Å². The predicted octanol–water partition coefficient (Wildman–Crippen LogP) is 1.99.